The van der Waals surface area contributed by atoms with Crippen LogP contribution in [0.15, 0.2) is 42.5 Å². The van der Waals surface area contributed by atoms with Crippen molar-refractivity contribution in [2.45, 2.75) is 45.9 Å². The van der Waals surface area contributed by atoms with Gasteiger partial charge in [0.15, 0.2) is 9.84 Å². The summed E-state index contributed by atoms with van der Waals surface area (Å²) in [6, 6.07) is 14.1. The highest BCUT2D eigenvalue weighted by molar-refractivity contribution is 7.91. The SMILES string of the molecule is Cc1ccc(CN(CC(O)COc2cc(C)cc(C)c2)C2CCS(=O)(=O)C2)cc1. The van der Waals surface area contributed by atoms with Crippen LogP contribution in [0.2, 0.25) is 0 Å². The quantitative estimate of drug-likeness (QED) is 0.715. The molecule has 0 aromatic heterocycles. The van der Waals surface area contributed by atoms with Crippen LogP contribution in [0.25, 0.3) is 0 Å². The first kappa shape index (κ1) is 21.8. The topological polar surface area (TPSA) is 66.8 Å². The predicted molar refractivity (Wildman–Crippen MR) is 116 cm³/mol. The Morgan fingerprint density at radius 2 is 1.72 bits per heavy atom. The molecular formula is C23H31NO4S. The zero-order valence-electron chi connectivity index (χ0n) is 17.5. The fourth-order valence-electron chi connectivity index (χ4n) is 3.87. The fraction of sp³-hybridized carbons (Fsp3) is 0.478. The predicted octanol–water partition coefficient (Wildman–Crippen LogP) is 3.04. The highest BCUT2D eigenvalue weighted by atomic mass is 32.2. The van der Waals surface area contributed by atoms with Crippen LogP contribution in [-0.2, 0) is 16.4 Å². The Labute approximate surface area is 174 Å². The molecule has 6 heteroatoms. The van der Waals surface area contributed by atoms with E-state index in [9.17, 15) is 13.5 Å². The van der Waals surface area contributed by atoms with Gasteiger partial charge in [-0.1, -0.05) is 35.9 Å². The second-order valence-electron chi connectivity index (χ2n) is 8.26. The van der Waals surface area contributed by atoms with Crippen molar-refractivity contribution in [2.75, 3.05) is 24.7 Å². The van der Waals surface area contributed by atoms with Crippen LogP contribution in [0.3, 0.4) is 0 Å². The second kappa shape index (κ2) is 9.28. The number of nitrogens with zero attached hydrogens (tertiary/aromatic N) is 1. The van der Waals surface area contributed by atoms with Gasteiger partial charge in [0.1, 0.15) is 18.5 Å². The Morgan fingerprint density at radius 1 is 1.07 bits per heavy atom. The molecule has 0 aliphatic carbocycles. The number of ether oxygens (including phenoxy) is 1. The molecule has 2 atom stereocenters. The van der Waals surface area contributed by atoms with Crippen molar-refractivity contribution in [2.24, 2.45) is 0 Å². The number of rotatable bonds is 8. The summed E-state index contributed by atoms with van der Waals surface area (Å²) < 4.78 is 29.8. The molecule has 0 bridgehead atoms. The molecule has 1 N–H and O–H groups in total. The van der Waals surface area contributed by atoms with Gasteiger partial charge in [-0.3, -0.25) is 4.90 Å². The molecule has 3 rings (SSSR count). The normalized spacial score (nSPS) is 19.4. The Morgan fingerprint density at radius 3 is 2.31 bits per heavy atom. The van der Waals surface area contributed by atoms with Crippen molar-refractivity contribution in [1.29, 1.82) is 0 Å². The highest BCUT2D eigenvalue weighted by Gasteiger charge is 2.33. The lowest BCUT2D eigenvalue weighted by molar-refractivity contribution is 0.0524. The van der Waals surface area contributed by atoms with E-state index in [2.05, 4.69) is 35.2 Å². The summed E-state index contributed by atoms with van der Waals surface area (Å²) in [5.41, 5.74) is 4.53. The minimum Gasteiger partial charge on any atom is -0.491 e. The van der Waals surface area contributed by atoms with Gasteiger partial charge in [0.05, 0.1) is 11.5 Å². The van der Waals surface area contributed by atoms with E-state index in [4.69, 9.17) is 4.74 Å². The molecule has 1 aliphatic rings. The lowest BCUT2D eigenvalue weighted by atomic mass is 10.1. The molecule has 1 fully saturated rings. The standard InChI is InChI=1S/C23H31NO4S/c1-17-4-6-20(7-5-17)13-24(21-8-9-29(26,27)16-21)14-22(25)15-28-23-11-18(2)10-19(3)12-23/h4-7,10-12,21-22,25H,8-9,13-16H2,1-3H3. The van der Waals surface area contributed by atoms with Gasteiger partial charge in [-0.15, -0.1) is 0 Å². The van der Waals surface area contributed by atoms with Crippen molar-refractivity contribution in [3.8, 4) is 5.75 Å². The number of benzene rings is 2. The van der Waals surface area contributed by atoms with Gasteiger partial charge in [-0.2, -0.15) is 0 Å². The van der Waals surface area contributed by atoms with Gasteiger partial charge in [-0.05, 0) is 56.0 Å². The van der Waals surface area contributed by atoms with E-state index in [-0.39, 0.29) is 24.2 Å². The summed E-state index contributed by atoms with van der Waals surface area (Å²) in [6.45, 7) is 7.23. The largest absolute Gasteiger partial charge is 0.491 e. The van der Waals surface area contributed by atoms with E-state index in [0.29, 0.717) is 19.5 Å². The first-order valence-corrected chi connectivity index (χ1v) is 11.9. The van der Waals surface area contributed by atoms with E-state index < -0.39 is 15.9 Å². The molecule has 1 aliphatic heterocycles. The van der Waals surface area contributed by atoms with Crippen molar-refractivity contribution >= 4 is 9.84 Å². The van der Waals surface area contributed by atoms with Gasteiger partial charge in [-0.25, -0.2) is 8.42 Å². The number of aliphatic hydroxyl groups is 1. The van der Waals surface area contributed by atoms with Gasteiger partial charge in [0.25, 0.3) is 0 Å². The van der Waals surface area contributed by atoms with Gasteiger partial charge in [0, 0.05) is 19.1 Å². The molecule has 2 aromatic rings. The van der Waals surface area contributed by atoms with E-state index in [1.807, 2.05) is 32.9 Å². The smallest absolute Gasteiger partial charge is 0.151 e. The van der Waals surface area contributed by atoms with Crippen LogP contribution in [0.5, 0.6) is 5.75 Å². The number of aryl methyl sites for hydroxylation is 3. The van der Waals surface area contributed by atoms with Gasteiger partial charge < -0.3 is 9.84 Å². The molecule has 29 heavy (non-hydrogen) atoms. The summed E-state index contributed by atoms with van der Waals surface area (Å²) >= 11 is 0. The number of sulfone groups is 1. The summed E-state index contributed by atoms with van der Waals surface area (Å²) in [5.74, 6) is 1.12. The summed E-state index contributed by atoms with van der Waals surface area (Å²) in [4.78, 5) is 2.09. The number of aliphatic hydroxyl groups excluding tert-OH is 1. The maximum Gasteiger partial charge on any atom is 0.151 e. The van der Waals surface area contributed by atoms with Crippen molar-refractivity contribution in [3.05, 3.63) is 64.7 Å². The molecule has 1 heterocycles. The Bertz CT molecular complexity index is 904. The Kier molecular flexibility index (Phi) is 6.98. The lowest BCUT2D eigenvalue weighted by Crippen LogP contribution is -2.42. The third kappa shape index (κ3) is 6.56. The van der Waals surface area contributed by atoms with Crippen LogP contribution in [0.1, 0.15) is 28.7 Å². The molecule has 1 saturated heterocycles. The average molecular weight is 418 g/mol. The van der Waals surface area contributed by atoms with Gasteiger partial charge >= 0.3 is 0 Å². The third-order valence-corrected chi connectivity index (χ3v) is 7.06. The Balaban J connectivity index is 1.65. The first-order valence-electron chi connectivity index (χ1n) is 10.1. The molecule has 2 unspecified atom stereocenters. The minimum absolute atomic E-state index is 0.0721. The van der Waals surface area contributed by atoms with Crippen molar-refractivity contribution < 1.29 is 18.3 Å². The molecule has 0 spiro atoms. The molecule has 0 radical (unpaired) electrons. The van der Waals surface area contributed by atoms with Crippen molar-refractivity contribution in [1.82, 2.24) is 4.90 Å². The van der Waals surface area contributed by atoms with Crippen LogP contribution in [0.4, 0.5) is 0 Å². The van der Waals surface area contributed by atoms with Crippen molar-refractivity contribution in [3.63, 3.8) is 0 Å². The Hall–Kier alpha value is -1.89. The van der Waals surface area contributed by atoms with E-state index in [1.54, 1.807) is 0 Å². The highest BCUT2D eigenvalue weighted by Crippen LogP contribution is 2.21. The van der Waals surface area contributed by atoms with Crippen LogP contribution in [-0.4, -0.2) is 55.2 Å². The third-order valence-electron chi connectivity index (χ3n) is 5.31. The molecule has 0 amide bonds. The minimum atomic E-state index is -2.99. The molecule has 158 valence electrons. The van der Waals surface area contributed by atoms with E-state index in [0.717, 1.165) is 22.4 Å². The maximum atomic E-state index is 12.0. The summed E-state index contributed by atoms with van der Waals surface area (Å²) in [7, 11) is -2.99. The van der Waals surface area contributed by atoms with Crippen LogP contribution >= 0.6 is 0 Å². The monoisotopic (exact) mass is 417 g/mol. The second-order valence-corrected chi connectivity index (χ2v) is 10.5. The molecule has 2 aromatic carbocycles. The van der Waals surface area contributed by atoms with Crippen LogP contribution in [0, 0.1) is 20.8 Å². The number of hydrogen-bond acceptors (Lipinski definition) is 5. The van der Waals surface area contributed by atoms with E-state index in [1.165, 1.54) is 5.56 Å². The lowest BCUT2D eigenvalue weighted by Gasteiger charge is -2.30. The maximum absolute atomic E-state index is 12.0. The summed E-state index contributed by atoms with van der Waals surface area (Å²) in [5, 5.41) is 10.6. The van der Waals surface area contributed by atoms with E-state index >= 15 is 0 Å². The molecule has 5 nitrogen and oxygen atoms in total. The zero-order valence-corrected chi connectivity index (χ0v) is 18.3. The first-order chi connectivity index (χ1) is 13.7. The average Bonchev–Trinajstić information content (AvgIpc) is 3.00. The van der Waals surface area contributed by atoms with Crippen LogP contribution < -0.4 is 4.74 Å². The fourth-order valence-corrected chi connectivity index (χ4v) is 5.63. The number of hydrogen-bond donors (Lipinski definition) is 1. The zero-order chi connectivity index (χ0) is 21.0. The molecular weight excluding hydrogens is 386 g/mol. The summed E-state index contributed by atoms with van der Waals surface area (Å²) in [6.07, 6.45) is -0.0941. The van der Waals surface area contributed by atoms with Gasteiger partial charge in [0.2, 0.25) is 0 Å². The molecule has 0 saturated carbocycles.